The Morgan fingerprint density at radius 1 is 1.06 bits per heavy atom. The van der Waals surface area contributed by atoms with E-state index in [1.165, 1.54) is 0 Å². The van der Waals surface area contributed by atoms with Crippen LogP contribution < -0.4 is 26.8 Å². The van der Waals surface area contributed by atoms with E-state index in [1.807, 2.05) is 6.07 Å². The first-order chi connectivity index (χ1) is 15.7. The van der Waals surface area contributed by atoms with Gasteiger partial charge in [0.15, 0.2) is 0 Å². The Bertz CT molecular complexity index is 727. The third kappa shape index (κ3) is 13.9. The molecule has 0 fully saturated rings. The number of hydrogen-bond acceptors (Lipinski definition) is 7. The molecule has 0 aliphatic rings. The lowest BCUT2D eigenvalue weighted by Gasteiger charge is -2.28. The minimum atomic E-state index is -0.837. The van der Waals surface area contributed by atoms with Gasteiger partial charge in [-0.1, -0.05) is 26.0 Å². The van der Waals surface area contributed by atoms with Crippen molar-refractivity contribution in [1.82, 2.24) is 10.6 Å². The van der Waals surface area contributed by atoms with Crippen LogP contribution >= 0.6 is 24.8 Å². The molecule has 0 aliphatic heterocycles. The minimum Gasteiger partial charge on any atom is -0.493 e. The van der Waals surface area contributed by atoms with Gasteiger partial charge in [0.2, 0.25) is 5.91 Å². The molecule has 2 amide bonds. The fourth-order valence-electron chi connectivity index (χ4n) is 3.28. The van der Waals surface area contributed by atoms with Crippen LogP contribution in [0.4, 0.5) is 0 Å². The number of carbonyl (C=O) groups excluding carboxylic acids is 2. The summed E-state index contributed by atoms with van der Waals surface area (Å²) < 4.78 is 10.8. The van der Waals surface area contributed by atoms with Crippen molar-refractivity contribution in [2.45, 2.75) is 58.2 Å². The average molecular weight is 540 g/mol. The number of primary amides is 1. The maximum absolute atomic E-state index is 12.8. The van der Waals surface area contributed by atoms with Crippen molar-refractivity contribution < 1.29 is 24.2 Å². The summed E-state index contributed by atoms with van der Waals surface area (Å²) >= 11 is 0. The molecule has 35 heavy (non-hydrogen) atoms. The molecule has 9 nitrogen and oxygen atoms in total. The molecule has 204 valence electrons. The van der Waals surface area contributed by atoms with Gasteiger partial charge in [-0.3, -0.25) is 9.59 Å². The van der Waals surface area contributed by atoms with Crippen LogP contribution in [0.15, 0.2) is 24.3 Å². The first-order valence-electron chi connectivity index (χ1n) is 11.6. The van der Waals surface area contributed by atoms with Gasteiger partial charge in [0.1, 0.15) is 5.75 Å². The highest BCUT2D eigenvalue weighted by atomic mass is 35.5. The van der Waals surface area contributed by atoms with Gasteiger partial charge in [0.25, 0.3) is 5.91 Å². The molecule has 0 saturated carbocycles. The Morgan fingerprint density at radius 3 is 2.29 bits per heavy atom. The van der Waals surface area contributed by atoms with Gasteiger partial charge in [0.05, 0.1) is 24.3 Å². The van der Waals surface area contributed by atoms with Crippen LogP contribution in [0, 0.1) is 11.8 Å². The molecule has 1 aromatic rings. The topological polar surface area (TPSA) is 149 Å². The SMILES string of the molecule is COCCCCOc1ccccc1C(=O)NCC(CC(N)C(O)CNC(C)C(N)=O)C(C)C.Cl.Cl. The number of benzene rings is 1. The molecule has 0 spiro atoms. The number of aliphatic hydroxyl groups is 1. The van der Waals surface area contributed by atoms with Gasteiger partial charge in [-0.05, 0) is 50.2 Å². The molecule has 0 aliphatic carbocycles. The van der Waals surface area contributed by atoms with Crippen molar-refractivity contribution in [2.75, 3.05) is 33.4 Å². The largest absolute Gasteiger partial charge is 0.493 e. The van der Waals surface area contributed by atoms with Gasteiger partial charge >= 0.3 is 0 Å². The number of para-hydroxylation sites is 1. The van der Waals surface area contributed by atoms with Gasteiger partial charge in [-0.15, -0.1) is 24.8 Å². The Labute approximate surface area is 221 Å². The summed E-state index contributed by atoms with van der Waals surface area (Å²) in [6, 6.07) is 6.12. The van der Waals surface area contributed by atoms with Crippen molar-refractivity contribution in [3.8, 4) is 5.75 Å². The lowest BCUT2D eigenvalue weighted by molar-refractivity contribution is -0.119. The summed E-state index contributed by atoms with van der Waals surface area (Å²) in [5.74, 6) is 0.162. The second-order valence-corrected chi connectivity index (χ2v) is 8.76. The van der Waals surface area contributed by atoms with Crippen molar-refractivity contribution in [1.29, 1.82) is 0 Å². The Morgan fingerprint density at radius 2 is 1.69 bits per heavy atom. The van der Waals surface area contributed by atoms with E-state index < -0.39 is 24.1 Å². The average Bonchev–Trinajstić information content (AvgIpc) is 2.79. The molecule has 0 heterocycles. The van der Waals surface area contributed by atoms with Crippen molar-refractivity contribution in [3.63, 3.8) is 0 Å². The molecule has 4 unspecified atom stereocenters. The number of carbonyl (C=O) groups is 2. The van der Waals surface area contributed by atoms with Crippen LogP contribution in [0.5, 0.6) is 5.75 Å². The highest BCUT2D eigenvalue weighted by Crippen LogP contribution is 2.20. The summed E-state index contributed by atoms with van der Waals surface area (Å²) in [6.07, 6.45) is 1.41. The Kier molecular flexibility index (Phi) is 19.9. The van der Waals surface area contributed by atoms with Gasteiger partial charge in [0, 0.05) is 32.8 Å². The number of amides is 2. The fraction of sp³-hybridized carbons (Fsp3) is 0.667. The third-order valence-electron chi connectivity index (χ3n) is 5.73. The summed E-state index contributed by atoms with van der Waals surface area (Å²) in [4.78, 5) is 24.0. The second kappa shape index (κ2) is 19.6. The number of nitrogens with one attached hydrogen (secondary N) is 2. The number of ether oxygens (including phenoxy) is 2. The van der Waals surface area contributed by atoms with E-state index in [4.69, 9.17) is 20.9 Å². The van der Waals surface area contributed by atoms with Crippen molar-refractivity contribution >= 4 is 36.6 Å². The highest BCUT2D eigenvalue weighted by Gasteiger charge is 2.24. The zero-order chi connectivity index (χ0) is 24.8. The summed E-state index contributed by atoms with van der Waals surface area (Å²) in [7, 11) is 1.67. The van der Waals surface area contributed by atoms with Crippen LogP contribution in [0.2, 0.25) is 0 Å². The molecular formula is C24H44Cl2N4O5. The van der Waals surface area contributed by atoms with E-state index >= 15 is 0 Å². The Hall–Kier alpha value is -1.62. The van der Waals surface area contributed by atoms with E-state index in [0.717, 1.165) is 12.8 Å². The molecule has 1 aromatic carbocycles. The first kappa shape index (κ1) is 35.5. The van der Waals surface area contributed by atoms with Crippen LogP contribution in [-0.4, -0.2) is 68.5 Å². The van der Waals surface area contributed by atoms with E-state index in [-0.39, 0.29) is 49.1 Å². The predicted molar refractivity (Wildman–Crippen MR) is 143 cm³/mol. The zero-order valence-corrected chi connectivity index (χ0v) is 22.8. The Balaban J connectivity index is 0. The maximum Gasteiger partial charge on any atom is 0.255 e. The number of halogens is 2. The number of unbranched alkanes of at least 4 members (excludes halogenated alkanes) is 1. The second-order valence-electron chi connectivity index (χ2n) is 8.76. The number of nitrogens with two attached hydrogens (primary N) is 2. The summed E-state index contributed by atoms with van der Waals surface area (Å²) in [5, 5.41) is 16.2. The van der Waals surface area contributed by atoms with Gasteiger partial charge in [-0.2, -0.15) is 0 Å². The molecular weight excluding hydrogens is 495 g/mol. The van der Waals surface area contributed by atoms with Crippen LogP contribution in [0.3, 0.4) is 0 Å². The molecule has 0 saturated heterocycles. The molecule has 11 heteroatoms. The number of rotatable bonds is 17. The van der Waals surface area contributed by atoms with E-state index in [9.17, 15) is 14.7 Å². The third-order valence-corrected chi connectivity index (χ3v) is 5.73. The predicted octanol–water partition coefficient (Wildman–Crippen LogP) is 1.88. The van der Waals surface area contributed by atoms with Crippen molar-refractivity contribution in [3.05, 3.63) is 29.8 Å². The smallest absolute Gasteiger partial charge is 0.255 e. The van der Waals surface area contributed by atoms with Crippen LogP contribution in [0.1, 0.15) is 50.4 Å². The number of methoxy groups -OCH3 is 1. The van der Waals surface area contributed by atoms with E-state index in [2.05, 4.69) is 24.5 Å². The quantitative estimate of drug-likeness (QED) is 0.190. The molecule has 1 rings (SSSR count). The lowest BCUT2D eigenvalue weighted by Crippen LogP contribution is -2.48. The van der Waals surface area contributed by atoms with E-state index in [1.54, 1.807) is 32.2 Å². The molecule has 4 atom stereocenters. The standard InChI is InChI=1S/C24H42N4O5.2ClH/c1-16(2)18(13-20(25)21(29)15-27-17(3)23(26)30)14-28-24(31)19-9-5-6-10-22(19)33-12-8-7-11-32-4;;/h5-6,9-10,16-18,20-21,27,29H,7-8,11-15,25H2,1-4H3,(H2,26,30)(H,28,31);2*1H. The molecule has 0 radical (unpaired) electrons. The van der Waals surface area contributed by atoms with E-state index in [0.29, 0.717) is 37.5 Å². The lowest BCUT2D eigenvalue weighted by atomic mass is 9.87. The first-order valence-corrected chi connectivity index (χ1v) is 11.6. The fourth-order valence-corrected chi connectivity index (χ4v) is 3.28. The monoisotopic (exact) mass is 538 g/mol. The van der Waals surface area contributed by atoms with Crippen molar-refractivity contribution in [2.24, 2.45) is 23.3 Å². The molecule has 7 N–H and O–H groups in total. The minimum absolute atomic E-state index is 0. The number of hydrogen-bond donors (Lipinski definition) is 5. The number of aliphatic hydroxyl groups excluding tert-OH is 1. The van der Waals surface area contributed by atoms with Gasteiger partial charge in [-0.25, -0.2) is 0 Å². The highest BCUT2D eigenvalue weighted by molar-refractivity contribution is 5.96. The molecule has 0 bridgehead atoms. The normalized spacial score (nSPS) is 14.1. The zero-order valence-electron chi connectivity index (χ0n) is 21.2. The molecule has 0 aromatic heterocycles. The maximum atomic E-state index is 12.8. The van der Waals surface area contributed by atoms with Gasteiger partial charge < -0.3 is 36.7 Å². The summed E-state index contributed by atoms with van der Waals surface area (Å²) in [5.41, 5.74) is 11.9. The van der Waals surface area contributed by atoms with Crippen LogP contribution in [-0.2, 0) is 9.53 Å². The van der Waals surface area contributed by atoms with Crippen LogP contribution in [0.25, 0.3) is 0 Å². The summed E-state index contributed by atoms with van der Waals surface area (Å²) in [6.45, 7) is 7.52.